The van der Waals surface area contributed by atoms with E-state index in [2.05, 4.69) is 10.2 Å². The third-order valence-electron chi connectivity index (χ3n) is 5.09. The second kappa shape index (κ2) is 6.60. The molecule has 0 bridgehead atoms. The molecular weight excluding hydrogens is 286 g/mol. The number of aliphatic hydroxyl groups is 1. The first-order valence-electron chi connectivity index (χ1n) is 8.18. The summed E-state index contributed by atoms with van der Waals surface area (Å²) in [7, 11) is 0. The van der Waals surface area contributed by atoms with Gasteiger partial charge in [-0.3, -0.25) is 0 Å². The van der Waals surface area contributed by atoms with Crippen LogP contribution in [-0.4, -0.2) is 41.2 Å². The number of halogens is 2. The lowest BCUT2D eigenvalue weighted by molar-refractivity contribution is 0.102. The van der Waals surface area contributed by atoms with E-state index in [0.717, 1.165) is 19.4 Å². The third kappa shape index (κ3) is 3.16. The van der Waals surface area contributed by atoms with Crippen molar-refractivity contribution in [2.45, 2.75) is 56.8 Å². The smallest absolute Gasteiger partial charge is 0.132 e. The molecule has 2 saturated heterocycles. The van der Waals surface area contributed by atoms with E-state index in [-0.39, 0.29) is 11.6 Å². The van der Waals surface area contributed by atoms with Crippen molar-refractivity contribution >= 4 is 0 Å². The first-order chi connectivity index (χ1) is 10.6. The van der Waals surface area contributed by atoms with Gasteiger partial charge in [-0.25, -0.2) is 8.78 Å². The molecule has 22 heavy (non-hydrogen) atoms. The van der Waals surface area contributed by atoms with Gasteiger partial charge in [-0.15, -0.1) is 0 Å². The molecule has 0 spiro atoms. The van der Waals surface area contributed by atoms with Crippen LogP contribution in [-0.2, 0) is 0 Å². The molecule has 0 saturated carbocycles. The standard InChI is InChI=1S/C17H24F2N2O/c1-11(17(22)16-14(18)5-2-6-15(16)19)20-12-7-9-21-8-3-4-13(21)10-12/h2,5-6,11-13,17,20,22H,3-4,7-10H2,1H3/t11-,12-,13-,17+/m1/s1. The fraction of sp³-hybridized carbons (Fsp3) is 0.647. The summed E-state index contributed by atoms with van der Waals surface area (Å²) >= 11 is 0. The molecule has 2 fully saturated rings. The number of fused-ring (bicyclic) bond motifs is 1. The number of aliphatic hydroxyl groups excluding tert-OH is 1. The molecule has 1 aromatic carbocycles. The SMILES string of the molecule is C[C@@H](N[C@@H]1CCN2CCC[C@@H]2C1)[C@H](O)c1c(F)cccc1F. The van der Waals surface area contributed by atoms with Gasteiger partial charge in [0.25, 0.3) is 0 Å². The number of nitrogens with zero attached hydrogens (tertiary/aromatic N) is 1. The summed E-state index contributed by atoms with van der Waals surface area (Å²) in [5.74, 6) is -1.38. The van der Waals surface area contributed by atoms with E-state index in [0.29, 0.717) is 12.1 Å². The second-order valence-corrected chi connectivity index (χ2v) is 6.59. The monoisotopic (exact) mass is 310 g/mol. The van der Waals surface area contributed by atoms with Crippen LogP contribution in [0.1, 0.15) is 44.3 Å². The second-order valence-electron chi connectivity index (χ2n) is 6.59. The molecule has 3 rings (SSSR count). The van der Waals surface area contributed by atoms with Gasteiger partial charge in [0.05, 0.1) is 11.7 Å². The summed E-state index contributed by atoms with van der Waals surface area (Å²) < 4.78 is 27.6. The Morgan fingerprint density at radius 1 is 1.23 bits per heavy atom. The average Bonchev–Trinajstić information content (AvgIpc) is 2.94. The molecule has 4 atom stereocenters. The molecule has 2 N–H and O–H groups in total. The maximum Gasteiger partial charge on any atom is 0.132 e. The van der Waals surface area contributed by atoms with Crippen LogP contribution in [0.5, 0.6) is 0 Å². The minimum Gasteiger partial charge on any atom is -0.387 e. The summed E-state index contributed by atoms with van der Waals surface area (Å²) in [4.78, 5) is 2.52. The van der Waals surface area contributed by atoms with Crippen LogP contribution in [0.15, 0.2) is 18.2 Å². The zero-order valence-corrected chi connectivity index (χ0v) is 12.9. The number of nitrogens with one attached hydrogen (secondary N) is 1. The molecule has 122 valence electrons. The van der Waals surface area contributed by atoms with Gasteiger partial charge in [0, 0.05) is 18.1 Å². The Kier molecular flexibility index (Phi) is 4.76. The van der Waals surface area contributed by atoms with Crippen molar-refractivity contribution in [3.8, 4) is 0 Å². The predicted molar refractivity (Wildman–Crippen MR) is 81.5 cm³/mol. The number of benzene rings is 1. The van der Waals surface area contributed by atoms with Crippen molar-refractivity contribution in [3.05, 3.63) is 35.4 Å². The van der Waals surface area contributed by atoms with Crippen molar-refractivity contribution in [2.24, 2.45) is 0 Å². The van der Waals surface area contributed by atoms with Gasteiger partial charge in [0.1, 0.15) is 11.6 Å². The predicted octanol–water partition coefficient (Wildman–Crippen LogP) is 2.60. The molecule has 2 aliphatic heterocycles. The van der Waals surface area contributed by atoms with Crippen LogP contribution in [0.2, 0.25) is 0 Å². The summed E-state index contributed by atoms with van der Waals surface area (Å²) in [5.41, 5.74) is -0.235. The molecule has 0 aromatic heterocycles. The average molecular weight is 310 g/mol. The molecule has 2 heterocycles. The lowest BCUT2D eigenvalue weighted by Gasteiger charge is -2.37. The molecule has 0 amide bonds. The van der Waals surface area contributed by atoms with Crippen LogP contribution in [0.3, 0.4) is 0 Å². The highest BCUT2D eigenvalue weighted by molar-refractivity contribution is 5.23. The normalized spacial score (nSPS) is 28.4. The molecular formula is C17H24F2N2O. The summed E-state index contributed by atoms with van der Waals surface area (Å²) in [6.45, 7) is 4.05. The van der Waals surface area contributed by atoms with E-state index < -0.39 is 17.7 Å². The summed E-state index contributed by atoms with van der Waals surface area (Å²) in [6.07, 6.45) is 3.39. The van der Waals surface area contributed by atoms with Gasteiger partial charge in [0.15, 0.2) is 0 Å². The lowest BCUT2D eigenvalue weighted by Crippen LogP contribution is -2.49. The molecule has 2 aliphatic rings. The third-order valence-corrected chi connectivity index (χ3v) is 5.09. The minimum absolute atomic E-state index is 0.235. The van der Waals surface area contributed by atoms with Gasteiger partial charge in [-0.1, -0.05) is 6.07 Å². The van der Waals surface area contributed by atoms with E-state index in [1.165, 1.54) is 37.6 Å². The topological polar surface area (TPSA) is 35.5 Å². The molecule has 3 nitrogen and oxygen atoms in total. The molecule has 5 heteroatoms. The van der Waals surface area contributed by atoms with Crippen molar-refractivity contribution in [2.75, 3.05) is 13.1 Å². The van der Waals surface area contributed by atoms with Gasteiger partial charge >= 0.3 is 0 Å². The Morgan fingerprint density at radius 2 is 1.95 bits per heavy atom. The largest absolute Gasteiger partial charge is 0.387 e. The van der Waals surface area contributed by atoms with E-state index in [1.54, 1.807) is 6.92 Å². The fourth-order valence-electron chi connectivity index (χ4n) is 3.88. The van der Waals surface area contributed by atoms with Crippen LogP contribution >= 0.6 is 0 Å². The van der Waals surface area contributed by atoms with Gasteiger partial charge in [0.2, 0.25) is 0 Å². The Labute approximate surface area is 130 Å². The van der Waals surface area contributed by atoms with E-state index >= 15 is 0 Å². The van der Waals surface area contributed by atoms with Crippen molar-refractivity contribution in [1.29, 1.82) is 0 Å². The molecule has 0 radical (unpaired) electrons. The zero-order valence-electron chi connectivity index (χ0n) is 12.9. The van der Waals surface area contributed by atoms with Crippen molar-refractivity contribution in [1.82, 2.24) is 10.2 Å². The highest BCUT2D eigenvalue weighted by Crippen LogP contribution is 2.29. The Morgan fingerprint density at radius 3 is 2.68 bits per heavy atom. The van der Waals surface area contributed by atoms with Crippen LogP contribution in [0, 0.1) is 11.6 Å². The minimum atomic E-state index is -1.18. The quantitative estimate of drug-likeness (QED) is 0.897. The summed E-state index contributed by atoms with van der Waals surface area (Å²) in [5, 5.41) is 13.7. The van der Waals surface area contributed by atoms with E-state index in [4.69, 9.17) is 0 Å². The highest BCUT2D eigenvalue weighted by atomic mass is 19.1. The maximum absolute atomic E-state index is 13.8. The Hall–Kier alpha value is -1.04. The first kappa shape index (κ1) is 15.8. The Bertz CT molecular complexity index is 505. The van der Waals surface area contributed by atoms with E-state index in [1.807, 2.05) is 0 Å². The van der Waals surface area contributed by atoms with Crippen molar-refractivity contribution < 1.29 is 13.9 Å². The number of piperidine rings is 1. The first-order valence-corrected chi connectivity index (χ1v) is 8.18. The van der Waals surface area contributed by atoms with Gasteiger partial charge in [-0.2, -0.15) is 0 Å². The fourth-order valence-corrected chi connectivity index (χ4v) is 3.88. The molecule has 0 aliphatic carbocycles. The Balaban J connectivity index is 1.63. The molecule has 0 unspecified atom stereocenters. The lowest BCUT2D eigenvalue weighted by atomic mass is 9.95. The van der Waals surface area contributed by atoms with Crippen LogP contribution in [0.4, 0.5) is 8.78 Å². The number of rotatable bonds is 4. The van der Waals surface area contributed by atoms with E-state index in [9.17, 15) is 13.9 Å². The number of hydrogen-bond acceptors (Lipinski definition) is 3. The van der Waals surface area contributed by atoms with Gasteiger partial charge in [-0.05, 0) is 57.8 Å². The maximum atomic E-state index is 13.8. The van der Waals surface area contributed by atoms with Crippen molar-refractivity contribution in [3.63, 3.8) is 0 Å². The molecule has 1 aromatic rings. The zero-order chi connectivity index (χ0) is 15.7. The number of hydrogen-bond donors (Lipinski definition) is 2. The van der Waals surface area contributed by atoms with Gasteiger partial charge < -0.3 is 15.3 Å². The highest BCUT2D eigenvalue weighted by Gasteiger charge is 2.33. The summed E-state index contributed by atoms with van der Waals surface area (Å²) in [6, 6.07) is 4.23. The van der Waals surface area contributed by atoms with Crippen LogP contribution in [0.25, 0.3) is 0 Å². The van der Waals surface area contributed by atoms with Crippen LogP contribution < -0.4 is 5.32 Å².